The molecule has 2 aromatic heterocycles. The molecule has 31 heavy (non-hydrogen) atoms. The van der Waals surface area contributed by atoms with Crippen molar-refractivity contribution in [3.8, 4) is 5.69 Å². The Hall–Kier alpha value is -3.22. The van der Waals surface area contributed by atoms with E-state index in [0.717, 1.165) is 45.6 Å². The summed E-state index contributed by atoms with van der Waals surface area (Å²) >= 11 is 0. The van der Waals surface area contributed by atoms with Gasteiger partial charge < -0.3 is 9.67 Å². The van der Waals surface area contributed by atoms with Crippen molar-refractivity contribution in [1.29, 1.82) is 0 Å². The van der Waals surface area contributed by atoms with Crippen LogP contribution in [0.25, 0.3) is 27.5 Å². The molecule has 2 heterocycles. The van der Waals surface area contributed by atoms with Gasteiger partial charge in [0.1, 0.15) is 0 Å². The quantitative estimate of drug-likeness (QED) is 0.431. The van der Waals surface area contributed by atoms with E-state index >= 15 is 0 Å². The number of carboxylic acid groups (broad SMARTS) is 1. The number of aromatic nitrogens is 3. The van der Waals surface area contributed by atoms with E-state index in [0.29, 0.717) is 18.5 Å². The first-order chi connectivity index (χ1) is 14.8. The minimum absolute atomic E-state index is 0.0907. The first-order valence-electron chi connectivity index (χ1n) is 10.5. The third-order valence-corrected chi connectivity index (χ3v) is 6.50. The summed E-state index contributed by atoms with van der Waals surface area (Å²) < 4.78 is 29.9. The van der Waals surface area contributed by atoms with Gasteiger partial charge in [0.05, 0.1) is 23.1 Å². The highest BCUT2D eigenvalue weighted by molar-refractivity contribution is 5.99. The van der Waals surface area contributed by atoms with E-state index in [1.807, 2.05) is 16.7 Å². The first-order valence-corrected chi connectivity index (χ1v) is 10.5. The number of rotatable bonds is 4. The number of halogens is 2. The Morgan fingerprint density at radius 2 is 2.00 bits per heavy atom. The van der Waals surface area contributed by atoms with Crippen molar-refractivity contribution in [3.05, 3.63) is 59.4 Å². The zero-order chi connectivity index (χ0) is 21.9. The molecule has 2 N–H and O–H groups in total. The molecule has 7 heteroatoms. The number of benzene rings is 2. The van der Waals surface area contributed by atoms with Gasteiger partial charge in [0.2, 0.25) is 0 Å². The molecule has 0 radical (unpaired) electrons. The van der Waals surface area contributed by atoms with Crippen molar-refractivity contribution in [1.82, 2.24) is 14.8 Å². The Morgan fingerprint density at radius 3 is 2.68 bits per heavy atom. The summed E-state index contributed by atoms with van der Waals surface area (Å²) in [5, 5.41) is 18.6. The Morgan fingerprint density at radius 1 is 1.19 bits per heavy atom. The molecule has 2 aromatic carbocycles. The predicted octanol–water partition coefficient (Wildman–Crippen LogP) is 5.88. The molecule has 0 aliphatic heterocycles. The molecule has 2 atom stereocenters. The van der Waals surface area contributed by atoms with Crippen LogP contribution in [0.15, 0.2) is 36.5 Å². The van der Waals surface area contributed by atoms with Gasteiger partial charge in [-0.05, 0) is 60.9 Å². The predicted molar refractivity (Wildman–Crippen MR) is 115 cm³/mol. The average molecular weight is 423 g/mol. The molecule has 0 spiro atoms. The molecule has 4 aromatic rings. The molecule has 0 unspecified atom stereocenters. The Balaban J connectivity index is 1.83. The van der Waals surface area contributed by atoms with E-state index in [1.165, 1.54) is 6.07 Å². The average Bonchev–Trinajstić information content (AvgIpc) is 3.44. The number of nitrogens with one attached hydrogen (secondary N) is 1. The van der Waals surface area contributed by atoms with Crippen LogP contribution in [0.1, 0.15) is 56.2 Å². The van der Waals surface area contributed by atoms with Crippen LogP contribution in [0, 0.1) is 17.6 Å². The molecule has 1 aliphatic carbocycles. The largest absolute Gasteiger partial charge is 0.481 e. The van der Waals surface area contributed by atoms with Gasteiger partial charge >= 0.3 is 5.97 Å². The van der Waals surface area contributed by atoms with Gasteiger partial charge in [-0.2, -0.15) is 5.10 Å². The summed E-state index contributed by atoms with van der Waals surface area (Å²) in [6, 6.07) is 8.00. The summed E-state index contributed by atoms with van der Waals surface area (Å²) in [5.74, 6) is -2.71. The zero-order valence-electron chi connectivity index (χ0n) is 17.3. The third-order valence-electron chi connectivity index (χ3n) is 6.50. The van der Waals surface area contributed by atoms with Gasteiger partial charge in [-0.3, -0.25) is 9.89 Å². The molecule has 160 valence electrons. The van der Waals surface area contributed by atoms with Crippen molar-refractivity contribution >= 4 is 27.8 Å². The highest BCUT2D eigenvalue weighted by Gasteiger charge is 2.35. The van der Waals surface area contributed by atoms with Crippen molar-refractivity contribution in [3.63, 3.8) is 0 Å². The Bertz CT molecular complexity index is 1320. The normalized spacial score (nSPS) is 19.1. The minimum atomic E-state index is -0.896. The first kappa shape index (κ1) is 19.7. The van der Waals surface area contributed by atoms with Crippen LogP contribution < -0.4 is 0 Å². The van der Waals surface area contributed by atoms with Crippen LogP contribution in [0.3, 0.4) is 0 Å². The fourth-order valence-corrected chi connectivity index (χ4v) is 5.14. The molecular weight excluding hydrogens is 400 g/mol. The highest BCUT2D eigenvalue weighted by Crippen LogP contribution is 2.47. The number of aromatic amines is 1. The lowest BCUT2D eigenvalue weighted by Gasteiger charge is -2.18. The van der Waals surface area contributed by atoms with Crippen molar-refractivity contribution < 1.29 is 18.7 Å². The number of aliphatic carboxylic acids is 1. The molecule has 1 saturated carbocycles. The van der Waals surface area contributed by atoms with Gasteiger partial charge in [0.15, 0.2) is 11.6 Å². The van der Waals surface area contributed by atoms with E-state index in [9.17, 15) is 18.7 Å². The number of hydrogen-bond donors (Lipinski definition) is 2. The van der Waals surface area contributed by atoms with E-state index in [1.54, 1.807) is 12.3 Å². The Kier molecular flexibility index (Phi) is 4.57. The van der Waals surface area contributed by atoms with Gasteiger partial charge in [0, 0.05) is 28.2 Å². The second-order valence-electron chi connectivity index (χ2n) is 8.76. The monoisotopic (exact) mass is 423 g/mol. The van der Waals surface area contributed by atoms with Crippen molar-refractivity contribution in [2.24, 2.45) is 5.92 Å². The zero-order valence-corrected chi connectivity index (χ0v) is 17.3. The molecule has 1 fully saturated rings. The number of carboxylic acids is 1. The molecular formula is C24H23F2N3O2. The smallest absolute Gasteiger partial charge is 0.306 e. The van der Waals surface area contributed by atoms with Crippen LogP contribution in [0.2, 0.25) is 0 Å². The fraction of sp³-hybridized carbons (Fsp3) is 0.333. The number of nitrogens with zero attached hydrogens (tertiary/aromatic N) is 2. The van der Waals surface area contributed by atoms with Crippen LogP contribution >= 0.6 is 0 Å². The van der Waals surface area contributed by atoms with E-state index in [2.05, 4.69) is 24.0 Å². The van der Waals surface area contributed by atoms with Crippen LogP contribution in [-0.4, -0.2) is 25.8 Å². The minimum Gasteiger partial charge on any atom is -0.481 e. The second-order valence-corrected chi connectivity index (χ2v) is 8.76. The second kappa shape index (κ2) is 7.18. The lowest BCUT2D eigenvalue weighted by molar-refractivity contribution is -0.141. The number of H-pyrrole nitrogens is 1. The van der Waals surface area contributed by atoms with Crippen molar-refractivity contribution in [2.75, 3.05) is 0 Å². The maximum Gasteiger partial charge on any atom is 0.306 e. The molecule has 0 amide bonds. The summed E-state index contributed by atoms with van der Waals surface area (Å²) in [5.41, 5.74) is 4.44. The summed E-state index contributed by atoms with van der Waals surface area (Å²) in [7, 11) is 0. The van der Waals surface area contributed by atoms with E-state index in [4.69, 9.17) is 0 Å². The lowest BCUT2D eigenvalue weighted by atomic mass is 9.90. The summed E-state index contributed by atoms with van der Waals surface area (Å²) in [6.07, 6.45) is 3.74. The molecule has 0 bridgehead atoms. The standard InChI is InChI=1S/C24H23F2N3O2/c1-12(2)23-22(13-3-4-14(7-13)24(30)31)17-10-20-15(11-27-28-20)8-21(17)29(23)16-5-6-18(25)19(26)9-16/h5-6,8-14H,3-4,7H2,1-2H3,(H,27,28)(H,30,31)/t13-,14-/m1/s1. The van der Waals surface area contributed by atoms with Gasteiger partial charge in [-0.15, -0.1) is 0 Å². The topological polar surface area (TPSA) is 70.9 Å². The molecule has 5 rings (SSSR count). The van der Waals surface area contributed by atoms with Crippen LogP contribution in [-0.2, 0) is 4.79 Å². The van der Waals surface area contributed by atoms with E-state index in [-0.39, 0.29) is 17.8 Å². The molecule has 5 nitrogen and oxygen atoms in total. The van der Waals surface area contributed by atoms with Crippen molar-refractivity contribution in [2.45, 2.75) is 44.9 Å². The summed E-state index contributed by atoms with van der Waals surface area (Å²) in [4.78, 5) is 11.6. The van der Waals surface area contributed by atoms with E-state index < -0.39 is 17.6 Å². The maximum atomic E-state index is 14.2. The highest BCUT2D eigenvalue weighted by atomic mass is 19.2. The maximum absolute atomic E-state index is 14.2. The summed E-state index contributed by atoms with van der Waals surface area (Å²) in [6.45, 7) is 4.15. The van der Waals surface area contributed by atoms with Gasteiger partial charge in [-0.25, -0.2) is 8.78 Å². The lowest BCUT2D eigenvalue weighted by Crippen LogP contribution is -2.10. The molecule has 1 aliphatic rings. The molecule has 0 saturated heterocycles. The Labute approximate surface area is 177 Å². The van der Waals surface area contributed by atoms with Crippen LogP contribution in [0.5, 0.6) is 0 Å². The van der Waals surface area contributed by atoms with Crippen LogP contribution in [0.4, 0.5) is 8.78 Å². The fourth-order valence-electron chi connectivity index (χ4n) is 5.14. The number of fused-ring (bicyclic) bond motifs is 2. The van der Waals surface area contributed by atoms with Gasteiger partial charge in [0.25, 0.3) is 0 Å². The number of hydrogen-bond acceptors (Lipinski definition) is 2. The van der Waals surface area contributed by atoms with Gasteiger partial charge in [-0.1, -0.05) is 13.8 Å². The number of carbonyl (C=O) groups is 1. The third kappa shape index (κ3) is 3.10. The SMILES string of the molecule is CC(C)c1c([C@@H]2CC[C@@H](C(=O)O)C2)c2cc3[nH]ncc3cc2n1-c1ccc(F)c(F)c1.